The summed E-state index contributed by atoms with van der Waals surface area (Å²) in [5.74, 6) is -0.898. The van der Waals surface area contributed by atoms with Gasteiger partial charge in [0.1, 0.15) is 11.6 Å². The van der Waals surface area contributed by atoms with Gasteiger partial charge < -0.3 is 15.0 Å². The van der Waals surface area contributed by atoms with Crippen LogP contribution in [0.5, 0.6) is 0 Å². The van der Waals surface area contributed by atoms with Gasteiger partial charge in [0.25, 0.3) is 0 Å². The van der Waals surface area contributed by atoms with E-state index in [1.165, 1.54) is 18.2 Å². The first-order chi connectivity index (χ1) is 14.1. The van der Waals surface area contributed by atoms with Gasteiger partial charge in [-0.3, -0.25) is 4.79 Å². The molecular formula is C24H30F2N2O2. The maximum atomic E-state index is 14.8. The summed E-state index contributed by atoms with van der Waals surface area (Å²) < 4.78 is 34.0. The molecule has 2 aromatic rings. The molecule has 0 saturated carbocycles. The lowest BCUT2D eigenvalue weighted by Gasteiger charge is -2.24. The van der Waals surface area contributed by atoms with Crippen LogP contribution in [0.2, 0.25) is 0 Å². The number of halogens is 2. The number of carbonyl (C=O) groups excluding carboxylic acids is 1. The van der Waals surface area contributed by atoms with E-state index in [9.17, 15) is 13.6 Å². The number of amides is 1. The van der Waals surface area contributed by atoms with Crippen LogP contribution in [-0.2, 0) is 9.53 Å². The van der Waals surface area contributed by atoms with Crippen molar-refractivity contribution in [2.45, 2.75) is 46.6 Å². The third kappa shape index (κ3) is 5.79. The minimum Gasteiger partial charge on any atom is -0.372 e. The van der Waals surface area contributed by atoms with Gasteiger partial charge in [0.15, 0.2) is 0 Å². The van der Waals surface area contributed by atoms with Crippen molar-refractivity contribution in [2.24, 2.45) is 5.41 Å². The van der Waals surface area contributed by atoms with Crippen LogP contribution in [0, 0.1) is 24.0 Å². The van der Waals surface area contributed by atoms with Crippen molar-refractivity contribution in [1.29, 1.82) is 0 Å². The molecule has 0 aromatic heterocycles. The van der Waals surface area contributed by atoms with Crippen LogP contribution >= 0.6 is 0 Å². The van der Waals surface area contributed by atoms with Crippen LogP contribution in [-0.4, -0.2) is 25.6 Å². The van der Waals surface area contributed by atoms with Gasteiger partial charge in [0.2, 0.25) is 5.91 Å². The number of ether oxygens (including phenoxy) is 1. The average molecular weight is 417 g/mol. The number of benzene rings is 2. The first kappa shape index (κ1) is 22.2. The van der Waals surface area contributed by atoms with Crippen LogP contribution < -0.4 is 10.2 Å². The molecule has 0 unspecified atom stereocenters. The molecule has 1 atom stereocenters. The van der Waals surface area contributed by atoms with Gasteiger partial charge in [0.05, 0.1) is 18.4 Å². The zero-order valence-electron chi connectivity index (χ0n) is 18.1. The predicted molar refractivity (Wildman–Crippen MR) is 116 cm³/mol. The highest BCUT2D eigenvalue weighted by Gasteiger charge is 2.22. The molecule has 1 heterocycles. The van der Waals surface area contributed by atoms with Gasteiger partial charge in [-0.25, -0.2) is 8.78 Å². The Kier molecular flexibility index (Phi) is 6.76. The number of nitrogens with one attached hydrogen (secondary N) is 1. The molecule has 1 fully saturated rings. The number of rotatable bonds is 4. The lowest BCUT2D eigenvalue weighted by atomic mass is 9.92. The molecule has 0 radical (unpaired) electrons. The fourth-order valence-corrected chi connectivity index (χ4v) is 3.70. The Morgan fingerprint density at radius 3 is 2.50 bits per heavy atom. The third-order valence-electron chi connectivity index (χ3n) is 5.18. The lowest BCUT2D eigenvalue weighted by molar-refractivity contribution is -0.117. The molecule has 0 spiro atoms. The Morgan fingerprint density at radius 2 is 1.87 bits per heavy atom. The number of anilines is 2. The second-order valence-corrected chi connectivity index (χ2v) is 9.09. The summed E-state index contributed by atoms with van der Waals surface area (Å²) in [6.07, 6.45) is 0.926. The van der Waals surface area contributed by atoms with E-state index in [1.54, 1.807) is 19.1 Å². The van der Waals surface area contributed by atoms with Crippen molar-refractivity contribution >= 4 is 17.3 Å². The number of nitrogens with zero attached hydrogens (tertiary/aromatic N) is 1. The zero-order valence-corrected chi connectivity index (χ0v) is 18.1. The average Bonchev–Trinajstić information content (AvgIpc) is 2.90. The Morgan fingerprint density at radius 1 is 1.17 bits per heavy atom. The first-order valence-corrected chi connectivity index (χ1v) is 10.3. The van der Waals surface area contributed by atoms with Crippen molar-refractivity contribution < 1.29 is 18.3 Å². The molecule has 1 N–H and O–H groups in total. The molecule has 0 bridgehead atoms. The normalized spacial score (nSPS) is 17.5. The Hall–Kier alpha value is -2.47. The maximum Gasteiger partial charge on any atom is 0.224 e. The van der Waals surface area contributed by atoms with Crippen LogP contribution in [0.1, 0.15) is 50.8 Å². The van der Waals surface area contributed by atoms with E-state index in [-0.39, 0.29) is 28.9 Å². The SMILES string of the molecule is Cc1cc(N2CCO[C@@H](c3ccc(F)cc3)CC2)cc(F)c1NC(=O)CC(C)(C)C. The molecule has 1 aliphatic rings. The predicted octanol–water partition coefficient (Wildman–Crippen LogP) is 5.62. The van der Waals surface area contributed by atoms with Crippen molar-refractivity contribution in [2.75, 3.05) is 29.9 Å². The summed E-state index contributed by atoms with van der Waals surface area (Å²) >= 11 is 0. The van der Waals surface area contributed by atoms with Crippen LogP contribution in [0.25, 0.3) is 0 Å². The lowest BCUT2D eigenvalue weighted by Crippen LogP contribution is -2.26. The minimum absolute atomic E-state index is 0.113. The molecule has 2 aromatic carbocycles. The standard InChI is InChI=1S/C24H30F2N2O2/c1-16-13-19(14-20(26)23(16)27-22(29)15-24(2,3)4)28-10-9-21(30-12-11-28)17-5-7-18(25)8-6-17/h5-8,13-14,21H,9-12,15H2,1-4H3,(H,27,29)/t21-/m1/s1. The van der Waals surface area contributed by atoms with Crippen molar-refractivity contribution in [1.82, 2.24) is 0 Å². The van der Waals surface area contributed by atoms with Gasteiger partial charge in [-0.05, 0) is 54.2 Å². The number of hydrogen-bond donors (Lipinski definition) is 1. The summed E-state index contributed by atoms with van der Waals surface area (Å²) in [5.41, 5.74) is 2.47. The van der Waals surface area contributed by atoms with Crippen LogP contribution in [0.15, 0.2) is 36.4 Å². The molecule has 3 rings (SSSR count). The van der Waals surface area contributed by atoms with Crippen molar-refractivity contribution in [3.63, 3.8) is 0 Å². The Bertz CT molecular complexity index is 868. The molecule has 1 aliphatic heterocycles. The number of aryl methyl sites for hydroxylation is 1. The Labute approximate surface area is 177 Å². The summed E-state index contributed by atoms with van der Waals surface area (Å²) in [5, 5.41) is 2.72. The van der Waals surface area contributed by atoms with E-state index in [1.807, 2.05) is 26.8 Å². The number of hydrogen-bond acceptors (Lipinski definition) is 3. The first-order valence-electron chi connectivity index (χ1n) is 10.3. The molecule has 1 amide bonds. The van der Waals surface area contributed by atoms with Gasteiger partial charge in [-0.1, -0.05) is 32.9 Å². The van der Waals surface area contributed by atoms with Crippen LogP contribution in [0.3, 0.4) is 0 Å². The second kappa shape index (κ2) is 9.13. The van der Waals surface area contributed by atoms with Crippen molar-refractivity contribution in [3.8, 4) is 0 Å². The summed E-state index contributed by atoms with van der Waals surface area (Å²) in [6.45, 7) is 9.53. The largest absolute Gasteiger partial charge is 0.372 e. The van der Waals surface area contributed by atoms with Gasteiger partial charge in [-0.2, -0.15) is 0 Å². The van der Waals surface area contributed by atoms with Crippen LogP contribution in [0.4, 0.5) is 20.2 Å². The molecule has 162 valence electrons. The quantitative estimate of drug-likeness (QED) is 0.704. The highest BCUT2D eigenvalue weighted by Crippen LogP contribution is 2.31. The molecule has 30 heavy (non-hydrogen) atoms. The molecular weight excluding hydrogens is 386 g/mol. The summed E-state index contributed by atoms with van der Waals surface area (Å²) in [6, 6.07) is 9.73. The van der Waals surface area contributed by atoms with Gasteiger partial charge >= 0.3 is 0 Å². The minimum atomic E-state index is -0.437. The van der Waals surface area contributed by atoms with E-state index in [0.717, 1.165) is 17.7 Å². The van der Waals surface area contributed by atoms with E-state index >= 15 is 0 Å². The smallest absolute Gasteiger partial charge is 0.224 e. The number of carbonyl (C=O) groups is 1. The van der Waals surface area contributed by atoms with E-state index in [2.05, 4.69) is 10.2 Å². The maximum absolute atomic E-state index is 14.8. The third-order valence-corrected chi connectivity index (χ3v) is 5.18. The summed E-state index contributed by atoms with van der Waals surface area (Å²) in [4.78, 5) is 14.3. The fourth-order valence-electron chi connectivity index (χ4n) is 3.70. The summed E-state index contributed by atoms with van der Waals surface area (Å²) in [7, 11) is 0. The molecule has 0 aliphatic carbocycles. The topological polar surface area (TPSA) is 41.6 Å². The van der Waals surface area contributed by atoms with E-state index in [0.29, 0.717) is 31.7 Å². The Balaban J connectivity index is 1.70. The highest BCUT2D eigenvalue weighted by atomic mass is 19.1. The molecule has 1 saturated heterocycles. The van der Waals surface area contributed by atoms with Crippen molar-refractivity contribution in [3.05, 3.63) is 59.2 Å². The van der Waals surface area contributed by atoms with Gasteiger partial charge in [0, 0.05) is 25.2 Å². The highest BCUT2D eigenvalue weighted by molar-refractivity contribution is 5.92. The zero-order chi connectivity index (χ0) is 21.9. The monoisotopic (exact) mass is 416 g/mol. The van der Waals surface area contributed by atoms with Gasteiger partial charge in [-0.15, -0.1) is 0 Å². The second-order valence-electron chi connectivity index (χ2n) is 9.09. The molecule has 4 nitrogen and oxygen atoms in total. The van der Waals surface area contributed by atoms with E-state index < -0.39 is 5.82 Å². The fraction of sp³-hybridized carbons (Fsp3) is 0.458. The van der Waals surface area contributed by atoms with E-state index in [4.69, 9.17) is 4.74 Å². The molecule has 6 heteroatoms.